The van der Waals surface area contributed by atoms with E-state index in [1.165, 1.54) is 16.5 Å². The van der Waals surface area contributed by atoms with Crippen LogP contribution in [0.4, 0.5) is 0 Å². The summed E-state index contributed by atoms with van der Waals surface area (Å²) < 4.78 is 5.99. The van der Waals surface area contributed by atoms with Crippen molar-refractivity contribution >= 4 is 11.0 Å². The summed E-state index contributed by atoms with van der Waals surface area (Å²) in [5, 5.41) is 4.52. The van der Waals surface area contributed by atoms with Crippen LogP contribution in [0.3, 0.4) is 0 Å². The number of benzene rings is 1. The number of hydrogen-bond acceptors (Lipinski definition) is 3. The van der Waals surface area contributed by atoms with Crippen LogP contribution in [-0.4, -0.2) is 12.0 Å². The van der Waals surface area contributed by atoms with Gasteiger partial charge in [0.1, 0.15) is 11.3 Å². The van der Waals surface area contributed by atoms with Gasteiger partial charge in [0, 0.05) is 17.8 Å². The third-order valence-corrected chi connectivity index (χ3v) is 3.83. The lowest BCUT2D eigenvalue weighted by molar-refractivity contribution is 0.433. The van der Waals surface area contributed by atoms with Crippen LogP contribution in [0.5, 0.6) is 0 Å². The number of hydrogen-bond donors (Lipinski definition) is 1. The van der Waals surface area contributed by atoms with Gasteiger partial charge >= 0.3 is 0 Å². The Bertz CT molecular complexity index is 718. The highest BCUT2D eigenvalue weighted by Crippen LogP contribution is 2.27. The standard InChI is InChI=1S/C18H20N2O/c1-13-5-8-17-15(10-13)11-18(21-17)16(19-2)7-6-14-4-3-9-20-12-14/h3-5,8-12,16,19H,6-7H2,1-2H3. The third-order valence-electron chi connectivity index (χ3n) is 3.83. The van der Waals surface area contributed by atoms with Gasteiger partial charge < -0.3 is 9.73 Å². The molecule has 0 bridgehead atoms. The lowest BCUT2D eigenvalue weighted by Gasteiger charge is -2.13. The molecule has 0 radical (unpaired) electrons. The molecule has 0 amide bonds. The largest absolute Gasteiger partial charge is 0.459 e. The first-order valence-electron chi connectivity index (χ1n) is 7.32. The first kappa shape index (κ1) is 13.8. The molecule has 3 aromatic rings. The van der Waals surface area contributed by atoms with Crippen LogP contribution >= 0.6 is 0 Å². The average Bonchev–Trinajstić information content (AvgIpc) is 2.92. The molecule has 1 unspecified atom stereocenters. The maximum absolute atomic E-state index is 5.99. The Morgan fingerprint density at radius 1 is 1.24 bits per heavy atom. The Morgan fingerprint density at radius 2 is 2.14 bits per heavy atom. The van der Waals surface area contributed by atoms with Crippen molar-refractivity contribution in [3.8, 4) is 0 Å². The van der Waals surface area contributed by atoms with E-state index in [2.05, 4.69) is 41.5 Å². The Morgan fingerprint density at radius 3 is 2.90 bits per heavy atom. The highest BCUT2D eigenvalue weighted by molar-refractivity contribution is 5.78. The second-order valence-corrected chi connectivity index (χ2v) is 5.43. The molecule has 3 rings (SSSR count). The molecule has 0 spiro atoms. The number of fused-ring (bicyclic) bond motifs is 1. The molecule has 2 aromatic heterocycles. The maximum Gasteiger partial charge on any atom is 0.134 e. The number of aromatic nitrogens is 1. The quantitative estimate of drug-likeness (QED) is 0.766. The van der Waals surface area contributed by atoms with Gasteiger partial charge in [0.05, 0.1) is 6.04 Å². The first-order chi connectivity index (χ1) is 10.3. The van der Waals surface area contributed by atoms with Crippen LogP contribution in [-0.2, 0) is 6.42 Å². The molecule has 1 N–H and O–H groups in total. The van der Waals surface area contributed by atoms with E-state index in [-0.39, 0.29) is 6.04 Å². The second-order valence-electron chi connectivity index (χ2n) is 5.43. The monoisotopic (exact) mass is 280 g/mol. The van der Waals surface area contributed by atoms with E-state index in [1.807, 2.05) is 25.4 Å². The molecule has 2 heterocycles. The van der Waals surface area contributed by atoms with Gasteiger partial charge in [-0.25, -0.2) is 0 Å². The summed E-state index contributed by atoms with van der Waals surface area (Å²) in [5.41, 5.74) is 3.47. The normalized spacial score (nSPS) is 12.7. The SMILES string of the molecule is CNC(CCc1cccnc1)c1cc2cc(C)ccc2o1. The molecule has 0 fully saturated rings. The van der Waals surface area contributed by atoms with E-state index in [0.29, 0.717) is 0 Å². The number of pyridine rings is 1. The molecule has 3 nitrogen and oxygen atoms in total. The molecule has 0 aliphatic heterocycles. The topological polar surface area (TPSA) is 38.1 Å². The summed E-state index contributed by atoms with van der Waals surface area (Å²) in [5.74, 6) is 1.00. The fourth-order valence-corrected chi connectivity index (χ4v) is 2.64. The summed E-state index contributed by atoms with van der Waals surface area (Å²) in [6, 6.07) is 12.7. The van der Waals surface area contributed by atoms with Gasteiger partial charge in [-0.1, -0.05) is 17.7 Å². The minimum atomic E-state index is 0.220. The van der Waals surface area contributed by atoms with Gasteiger partial charge in [-0.15, -0.1) is 0 Å². The van der Waals surface area contributed by atoms with Gasteiger partial charge in [-0.2, -0.15) is 0 Å². The van der Waals surface area contributed by atoms with Crippen LogP contribution in [0.15, 0.2) is 53.2 Å². The van der Waals surface area contributed by atoms with E-state index in [0.717, 1.165) is 24.2 Å². The fraction of sp³-hybridized carbons (Fsp3) is 0.278. The van der Waals surface area contributed by atoms with Crippen LogP contribution in [0, 0.1) is 6.92 Å². The van der Waals surface area contributed by atoms with Crippen molar-refractivity contribution < 1.29 is 4.42 Å². The summed E-state index contributed by atoms with van der Waals surface area (Å²) in [6.45, 7) is 2.10. The van der Waals surface area contributed by atoms with Crippen molar-refractivity contribution in [3.05, 3.63) is 65.7 Å². The van der Waals surface area contributed by atoms with Crippen LogP contribution in [0.2, 0.25) is 0 Å². The zero-order valence-corrected chi connectivity index (χ0v) is 12.5. The predicted molar refractivity (Wildman–Crippen MR) is 85.3 cm³/mol. The molecule has 21 heavy (non-hydrogen) atoms. The smallest absolute Gasteiger partial charge is 0.134 e. The van der Waals surface area contributed by atoms with Crippen molar-refractivity contribution in [1.82, 2.24) is 10.3 Å². The van der Waals surface area contributed by atoms with Gasteiger partial charge in [-0.3, -0.25) is 4.98 Å². The fourth-order valence-electron chi connectivity index (χ4n) is 2.64. The molecule has 0 aliphatic carbocycles. The molecule has 0 saturated carbocycles. The average molecular weight is 280 g/mol. The zero-order valence-electron chi connectivity index (χ0n) is 12.5. The zero-order chi connectivity index (χ0) is 14.7. The third kappa shape index (κ3) is 3.14. The number of aryl methyl sites for hydroxylation is 2. The number of rotatable bonds is 5. The van der Waals surface area contributed by atoms with E-state index in [1.54, 1.807) is 6.20 Å². The van der Waals surface area contributed by atoms with Crippen molar-refractivity contribution in [3.63, 3.8) is 0 Å². The van der Waals surface area contributed by atoms with Gasteiger partial charge in [0.15, 0.2) is 0 Å². The minimum absolute atomic E-state index is 0.220. The Balaban J connectivity index is 1.78. The molecule has 0 aliphatic rings. The van der Waals surface area contributed by atoms with E-state index in [4.69, 9.17) is 4.42 Å². The Kier molecular flexibility index (Phi) is 4.02. The molecule has 3 heteroatoms. The lowest BCUT2D eigenvalue weighted by atomic mass is 10.0. The summed E-state index contributed by atoms with van der Waals surface area (Å²) in [4.78, 5) is 4.16. The van der Waals surface area contributed by atoms with Crippen molar-refractivity contribution in [2.24, 2.45) is 0 Å². The molecular weight excluding hydrogens is 260 g/mol. The van der Waals surface area contributed by atoms with Gasteiger partial charge in [-0.05, 0) is 56.6 Å². The van der Waals surface area contributed by atoms with Crippen molar-refractivity contribution in [2.75, 3.05) is 7.05 Å². The minimum Gasteiger partial charge on any atom is -0.459 e. The Labute approximate surface area is 125 Å². The molecule has 1 atom stereocenters. The van der Waals surface area contributed by atoms with E-state index >= 15 is 0 Å². The lowest BCUT2D eigenvalue weighted by Crippen LogP contribution is -2.16. The van der Waals surface area contributed by atoms with Crippen LogP contribution in [0.1, 0.15) is 29.3 Å². The van der Waals surface area contributed by atoms with Crippen molar-refractivity contribution in [1.29, 1.82) is 0 Å². The van der Waals surface area contributed by atoms with E-state index < -0.39 is 0 Å². The first-order valence-corrected chi connectivity index (χ1v) is 7.32. The van der Waals surface area contributed by atoms with Gasteiger partial charge in [0.25, 0.3) is 0 Å². The van der Waals surface area contributed by atoms with Crippen LogP contribution in [0.25, 0.3) is 11.0 Å². The highest BCUT2D eigenvalue weighted by atomic mass is 16.3. The number of nitrogens with one attached hydrogen (secondary N) is 1. The predicted octanol–water partition coefficient (Wildman–Crippen LogP) is 4.03. The maximum atomic E-state index is 5.99. The summed E-state index contributed by atoms with van der Waals surface area (Å²) >= 11 is 0. The van der Waals surface area contributed by atoms with E-state index in [9.17, 15) is 0 Å². The summed E-state index contributed by atoms with van der Waals surface area (Å²) in [6.07, 6.45) is 5.70. The molecule has 108 valence electrons. The number of nitrogens with zero attached hydrogens (tertiary/aromatic N) is 1. The second kappa shape index (κ2) is 6.10. The van der Waals surface area contributed by atoms with Crippen LogP contribution < -0.4 is 5.32 Å². The Hall–Kier alpha value is -2.13. The highest BCUT2D eigenvalue weighted by Gasteiger charge is 2.14. The molecule has 1 aromatic carbocycles. The summed E-state index contributed by atoms with van der Waals surface area (Å²) in [7, 11) is 1.98. The number of furan rings is 1. The van der Waals surface area contributed by atoms with Gasteiger partial charge in [0.2, 0.25) is 0 Å². The van der Waals surface area contributed by atoms with Crippen molar-refractivity contribution in [2.45, 2.75) is 25.8 Å². The molecule has 0 saturated heterocycles. The molecular formula is C18H20N2O.